The van der Waals surface area contributed by atoms with Crippen LogP contribution >= 0.6 is 0 Å². The molecule has 5 nitrogen and oxygen atoms in total. The number of nitrogens with zero attached hydrogens (tertiary/aromatic N) is 1. The minimum Gasteiger partial charge on any atom is -0.453 e. The van der Waals surface area contributed by atoms with Crippen molar-refractivity contribution in [2.45, 2.75) is 65.2 Å². The first-order valence-electron chi connectivity index (χ1n) is 18.3. The number of ether oxygens (including phenoxy) is 3. The first-order chi connectivity index (χ1) is 25.0. The van der Waals surface area contributed by atoms with E-state index in [2.05, 4.69) is 114 Å². The normalized spacial score (nSPS) is 16.4. The highest BCUT2D eigenvalue weighted by atomic mass is 16.6. The number of benzene rings is 6. The number of hydrogen-bond acceptors (Lipinski definition) is 5. The summed E-state index contributed by atoms with van der Waals surface area (Å²) in [6.07, 6.45) is 2.32. The van der Waals surface area contributed by atoms with E-state index in [4.69, 9.17) is 14.2 Å². The molecule has 3 aliphatic heterocycles. The molecule has 1 N–H and O–H groups in total. The van der Waals surface area contributed by atoms with Crippen molar-refractivity contribution < 1.29 is 14.2 Å². The van der Waals surface area contributed by atoms with E-state index in [-0.39, 0.29) is 10.8 Å². The molecule has 52 heavy (non-hydrogen) atoms. The van der Waals surface area contributed by atoms with Crippen LogP contribution in [0.25, 0.3) is 11.1 Å². The highest BCUT2D eigenvalue weighted by Gasteiger charge is 2.39. The van der Waals surface area contributed by atoms with Crippen molar-refractivity contribution in [3.8, 4) is 45.6 Å². The number of nitrogens with one attached hydrogen (secondary N) is 1. The maximum atomic E-state index is 6.52. The lowest BCUT2D eigenvalue weighted by atomic mass is 9.57. The third-order valence-electron chi connectivity index (χ3n) is 11.6. The molecule has 6 aromatic carbocycles. The summed E-state index contributed by atoms with van der Waals surface area (Å²) in [6, 6.07) is 36.2. The zero-order valence-corrected chi connectivity index (χ0v) is 30.5. The Morgan fingerprint density at radius 1 is 0.577 bits per heavy atom. The molecule has 6 aromatic rings. The van der Waals surface area contributed by atoms with Crippen molar-refractivity contribution in [3.63, 3.8) is 0 Å². The number of aryl methyl sites for hydroxylation is 2. The lowest BCUT2D eigenvalue weighted by molar-refractivity contribution is 0.332. The fraction of sp³-hybridized carbons (Fsp3) is 0.217. The summed E-state index contributed by atoms with van der Waals surface area (Å²) >= 11 is 0. The van der Waals surface area contributed by atoms with Crippen LogP contribution in [0.1, 0.15) is 62.8 Å². The Morgan fingerprint density at radius 3 is 1.96 bits per heavy atom. The van der Waals surface area contributed by atoms with E-state index in [1.165, 1.54) is 34.4 Å². The van der Waals surface area contributed by atoms with Gasteiger partial charge in [-0.1, -0.05) is 81.7 Å². The summed E-state index contributed by atoms with van der Waals surface area (Å²) in [5.41, 5.74) is 15.2. The van der Waals surface area contributed by atoms with Crippen molar-refractivity contribution in [2.24, 2.45) is 0 Å². The van der Waals surface area contributed by atoms with Crippen LogP contribution in [-0.4, -0.2) is 7.28 Å². The Hall–Kier alpha value is -5.62. The number of fused-ring (bicyclic) bond motifs is 7. The fourth-order valence-corrected chi connectivity index (χ4v) is 8.61. The predicted octanol–water partition coefficient (Wildman–Crippen LogP) is 11.5. The van der Waals surface area contributed by atoms with Crippen LogP contribution in [0.5, 0.6) is 34.5 Å². The van der Waals surface area contributed by atoms with Gasteiger partial charge in [-0.3, -0.25) is 0 Å². The van der Waals surface area contributed by atoms with Crippen LogP contribution < -0.4 is 35.4 Å². The Kier molecular flexibility index (Phi) is 6.56. The largest absolute Gasteiger partial charge is 0.453 e. The van der Waals surface area contributed by atoms with Gasteiger partial charge in [0.1, 0.15) is 0 Å². The van der Waals surface area contributed by atoms with Crippen LogP contribution in [0, 0.1) is 13.8 Å². The SMILES string of the molecule is Cc1cc(-c2cccc3c2Nc2ccccc2O3)c2c(c1)N(c1cc3c(cc1C)C(C)(C)CCC3(C)C)c1cc3c(cc1[B]2)Oc1ccccc1O3. The molecule has 0 amide bonds. The molecule has 0 fully saturated rings. The van der Waals surface area contributed by atoms with Gasteiger partial charge in [0.25, 0.3) is 0 Å². The van der Waals surface area contributed by atoms with E-state index in [0.717, 1.165) is 74.2 Å². The van der Waals surface area contributed by atoms with E-state index in [9.17, 15) is 0 Å². The second kappa shape index (κ2) is 10.9. The van der Waals surface area contributed by atoms with Crippen LogP contribution in [0.4, 0.5) is 28.4 Å². The Labute approximate surface area is 306 Å². The summed E-state index contributed by atoms with van der Waals surface area (Å²) < 4.78 is 19.4. The summed E-state index contributed by atoms with van der Waals surface area (Å²) in [5, 5.41) is 3.72. The molecule has 0 aromatic heterocycles. The monoisotopic (exact) mass is 679 g/mol. The number of rotatable bonds is 2. The van der Waals surface area contributed by atoms with E-state index in [1.54, 1.807) is 0 Å². The van der Waals surface area contributed by atoms with Crippen LogP contribution in [0.2, 0.25) is 0 Å². The first-order valence-corrected chi connectivity index (χ1v) is 18.3. The third-order valence-corrected chi connectivity index (χ3v) is 11.6. The molecule has 6 heteroatoms. The number of hydrogen-bond donors (Lipinski definition) is 1. The first kappa shape index (κ1) is 31.1. The third kappa shape index (κ3) is 4.70. The molecule has 1 radical (unpaired) electrons. The minimum absolute atomic E-state index is 0.0558. The van der Waals surface area contributed by atoms with Crippen LogP contribution in [0.3, 0.4) is 0 Å². The maximum Gasteiger partial charge on any atom is 0.198 e. The molecule has 0 atom stereocenters. The quantitative estimate of drug-likeness (QED) is 0.184. The van der Waals surface area contributed by atoms with Crippen molar-refractivity contribution in [1.29, 1.82) is 0 Å². The maximum absolute atomic E-state index is 6.52. The van der Waals surface area contributed by atoms with Gasteiger partial charge >= 0.3 is 0 Å². The van der Waals surface area contributed by atoms with Gasteiger partial charge in [-0.25, -0.2) is 0 Å². The molecule has 0 saturated carbocycles. The van der Waals surface area contributed by atoms with Crippen molar-refractivity contribution >= 4 is 46.6 Å². The van der Waals surface area contributed by atoms with Gasteiger partial charge in [-0.2, -0.15) is 0 Å². The number of para-hydroxylation sites is 5. The summed E-state index contributed by atoms with van der Waals surface area (Å²) in [4.78, 5) is 2.47. The van der Waals surface area contributed by atoms with E-state index < -0.39 is 0 Å². The Morgan fingerprint density at radius 2 is 1.21 bits per heavy atom. The smallest absolute Gasteiger partial charge is 0.198 e. The molecule has 255 valence electrons. The van der Waals surface area contributed by atoms with Crippen molar-refractivity contribution in [2.75, 3.05) is 10.2 Å². The zero-order chi connectivity index (χ0) is 35.5. The van der Waals surface area contributed by atoms with E-state index in [0.29, 0.717) is 11.5 Å². The van der Waals surface area contributed by atoms with Gasteiger partial charge in [0, 0.05) is 28.7 Å². The van der Waals surface area contributed by atoms with Gasteiger partial charge < -0.3 is 24.4 Å². The Bertz CT molecular complexity index is 2500. The molecule has 3 heterocycles. The lowest BCUT2D eigenvalue weighted by Crippen LogP contribution is -2.41. The predicted molar refractivity (Wildman–Crippen MR) is 213 cm³/mol. The molecular weight excluding hydrogens is 639 g/mol. The van der Waals surface area contributed by atoms with Crippen molar-refractivity contribution in [3.05, 3.63) is 125 Å². The standard InChI is InChI=1S/C46H40BN2O3/c1-26-20-29(28-12-11-17-40-44(28)48-33-13-7-8-14-37(33)50-40)43-36(21-26)49(34-23-31-30(22-27(34)2)45(3,4)18-19-46(31,5)6)35-25-42-41(24-32(35)47-43)51-38-15-9-10-16-39(38)52-42/h7-17,20-25,48H,18-19H2,1-6H3. The fourth-order valence-electron chi connectivity index (χ4n) is 8.61. The second-order valence-corrected chi connectivity index (χ2v) is 16.1. The summed E-state index contributed by atoms with van der Waals surface area (Å²) in [6.45, 7) is 14.1. The van der Waals surface area contributed by atoms with Crippen LogP contribution in [0.15, 0.2) is 103 Å². The van der Waals surface area contributed by atoms with Gasteiger partial charge in [0.05, 0.1) is 11.4 Å². The zero-order valence-electron chi connectivity index (χ0n) is 30.5. The molecular formula is C46H40BN2O3. The topological polar surface area (TPSA) is 43.0 Å². The summed E-state index contributed by atoms with van der Waals surface area (Å²) in [5.74, 6) is 4.50. The van der Waals surface area contributed by atoms with Crippen LogP contribution in [-0.2, 0) is 10.8 Å². The lowest BCUT2D eigenvalue weighted by Gasteiger charge is -2.44. The van der Waals surface area contributed by atoms with Gasteiger partial charge in [-0.05, 0) is 119 Å². The molecule has 0 unspecified atom stereocenters. The minimum atomic E-state index is 0.0558. The molecule has 0 saturated heterocycles. The van der Waals surface area contributed by atoms with E-state index >= 15 is 0 Å². The van der Waals surface area contributed by atoms with Gasteiger partial charge in [0.15, 0.2) is 41.8 Å². The molecule has 0 bridgehead atoms. The Balaban J connectivity index is 1.21. The second-order valence-electron chi connectivity index (χ2n) is 16.1. The highest BCUT2D eigenvalue weighted by Crippen LogP contribution is 2.53. The molecule has 0 spiro atoms. The van der Waals surface area contributed by atoms with Crippen molar-refractivity contribution in [1.82, 2.24) is 0 Å². The molecule has 4 aliphatic rings. The number of anilines is 5. The average molecular weight is 680 g/mol. The average Bonchev–Trinajstić information content (AvgIpc) is 3.13. The van der Waals surface area contributed by atoms with E-state index in [1.807, 2.05) is 48.5 Å². The summed E-state index contributed by atoms with van der Waals surface area (Å²) in [7, 11) is 2.32. The highest BCUT2D eigenvalue weighted by molar-refractivity contribution is 6.73. The van der Waals surface area contributed by atoms with Gasteiger partial charge in [0.2, 0.25) is 0 Å². The van der Waals surface area contributed by atoms with Gasteiger partial charge in [-0.15, -0.1) is 0 Å². The molecule has 10 rings (SSSR count). The molecule has 1 aliphatic carbocycles.